The minimum absolute atomic E-state index is 0.128. The monoisotopic (exact) mass is 266 g/mol. The molecule has 0 bridgehead atoms. The SMILES string of the molecule is O=C(CSCC1CCCC1)Cc1ccccc1F. The molecule has 0 aromatic heterocycles. The molecule has 0 spiro atoms. The maximum absolute atomic E-state index is 13.4. The van der Waals surface area contributed by atoms with Crippen LogP contribution in [-0.2, 0) is 11.2 Å². The molecule has 0 unspecified atom stereocenters. The van der Waals surface area contributed by atoms with Gasteiger partial charge in [0.25, 0.3) is 0 Å². The lowest BCUT2D eigenvalue weighted by molar-refractivity contribution is -0.116. The summed E-state index contributed by atoms with van der Waals surface area (Å²) in [6, 6.07) is 6.53. The van der Waals surface area contributed by atoms with E-state index in [1.165, 1.54) is 31.7 Å². The average molecular weight is 266 g/mol. The third kappa shape index (κ3) is 4.13. The number of hydrogen-bond donors (Lipinski definition) is 0. The van der Waals surface area contributed by atoms with Crippen molar-refractivity contribution in [3.05, 3.63) is 35.6 Å². The van der Waals surface area contributed by atoms with Crippen LogP contribution >= 0.6 is 11.8 Å². The van der Waals surface area contributed by atoms with Crippen LogP contribution in [0.5, 0.6) is 0 Å². The number of Topliss-reactive ketones (excluding diaryl/α,β-unsaturated/α-hetero) is 1. The molecule has 0 N–H and O–H groups in total. The number of halogens is 1. The smallest absolute Gasteiger partial charge is 0.147 e. The van der Waals surface area contributed by atoms with Crippen molar-refractivity contribution in [3.63, 3.8) is 0 Å². The zero-order valence-corrected chi connectivity index (χ0v) is 11.3. The maximum atomic E-state index is 13.4. The summed E-state index contributed by atoms with van der Waals surface area (Å²) < 4.78 is 13.4. The van der Waals surface area contributed by atoms with E-state index in [0.29, 0.717) is 11.3 Å². The number of rotatable bonds is 6. The molecule has 0 radical (unpaired) electrons. The predicted molar refractivity (Wildman–Crippen MR) is 74.4 cm³/mol. The number of hydrogen-bond acceptors (Lipinski definition) is 2. The van der Waals surface area contributed by atoms with Crippen LogP contribution < -0.4 is 0 Å². The van der Waals surface area contributed by atoms with Gasteiger partial charge in [-0.1, -0.05) is 31.0 Å². The number of ketones is 1. The van der Waals surface area contributed by atoms with Gasteiger partial charge >= 0.3 is 0 Å². The topological polar surface area (TPSA) is 17.1 Å². The molecule has 1 aromatic carbocycles. The molecule has 0 amide bonds. The van der Waals surface area contributed by atoms with Gasteiger partial charge in [0.2, 0.25) is 0 Å². The Morgan fingerprint density at radius 3 is 2.72 bits per heavy atom. The minimum Gasteiger partial charge on any atom is -0.298 e. The van der Waals surface area contributed by atoms with Gasteiger partial charge in [-0.3, -0.25) is 4.79 Å². The highest BCUT2D eigenvalue weighted by Gasteiger charge is 2.15. The van der Waals surface area contributed by atoms with Crippen LogP contribution in [0.3, 0.4) is 0 Å². The Morgan fingerprint density at radius 2 is 2.00 bits per heavy atom. The molecule has 1 saturated carbocycles. The molecular weight excluding hydrogens is 247 g/mol. The zero-order valence-electron chi connectivity index (χ0n) is 10.5. The first-order valence-corrected chi connectivity index (χ1v) is 7.74. The van der Waals surface area contributed by atoms with Crippen molar-refractivity contribution < 1.29 is 9.18 Å². The van der Waals surface area contributed by atoms with Crippen molar-refractivity contribution in [2.24, 2.45) is 5.92 Å². The molecule has 1 aliphatic rings. The lowest BCUT2D eigenvalue weighted by Crippen LogP contribution is -2.09. The summed E-state index contributed by atoms with van der Waals surface area (Å²) in [4.78, 5) is 11.8. The van der Waals surface area contributed by atoms with Crippen molar-refractivity contribution in [1.82, 2.24) is 0 Å². The summed E-state index contributed by atoms with van der Waals surface area (Å²) in [6.07, 6.45) is 5.54. The van der Waals surface area contributed by atoms with Crippen LogP contribution in [0.1, 0.15) is 31.2 Å². The van der Waals surface area contributed by atoms with Crippen LogP contribution in [0.2, 0.25) is 0 Å². The van der Waals surface area contributed by atoms with E-state index < -0.39 is 0 Å². The van der Waals surface area contributed by atoms with Gasteiger partial charge in [-0.15, -0.1) is 0 Å². The molecule has 98 valence electrons. The van der Waals surface area contributed by atoms with Gasteiger partial charge in [0.15, 0.2) is 0 Å². The fourth-order valence-corrected chi connectivity index (χ4v) is 3.54. The van der Waals surface area contributed by atoms with E-state index in [0.717, 1.165) is 11.7 Å². The van der Waals surface area contributed by atoms with Crippen LogP contribution in [0, 0.1) is 11.7 Å². The summed E-state index contributed by atoms with van der Waals surface area (Å²) in [5.41, 5.74) is 0.518. The molecule has 1 aromatic rings. The quantitative estimate of drug-likeness (QED) is 0.777. The highest BCUT2D eigenvalue weighted by atomic mass is 32.2. The van der Waals surface area contributed by atoms with Crippen LogP contribution in [0.4, 0.5) is 4.39 Å². The zero-order chi connectivity index (χ0) is 12.8. The molecule has 3 heteroatoms. The van der Waals surface area contributed by atoms with Gasteiger partial charge in [-0.05, 0) is 36.1 Å². The summed E-state index contributed by atoms with van der Waals surface area (Å²) in [6.45, 7) is 0. The third-order valence-corrected chi connectivity index (χ3v) is 4.67. The van der Waals surface area contributed by atoms with Gasteiger partial charge < -0.3 is 0 Å². The van der Waals surface area contributed by atoms with E-state index in [-0.39, 0.29) is 18.0 Å². The largest absolute Gasteiger partial charge is 0.298 e. The van der Waals surface area contributed by atoms with E-state index in [1.807, 2.05) is 0 Å². The summed E-state index contributed by atoms with van der Waals surface area (Å²) >= 11 is 1.71. The number of benzene rings is 1. The Hall–Kier alpha value is -0.830. The van der Waals surface area contributed by atoms with Gasteiger partial charge in [0, 0.05) is 6.42 Å². The highest BCUT2D eigenvalue weighted by Crippen LogP contribution is 2.27. The van der Waals surface area contributed by atoms with Crippen molar-refractivity contribution in [2.75, 3.05) is 11.5 Å². The molecule has 1 fully saturated rings. The Kier molecular flexibility index (Phi) is 5.24. The van der Waals surface area contributed by atoms with E-state index in [1.54, 1.807) is 30.0 Å². The first-order valence-electron chi connectivity index (χ1n) is 6.58. The maximum Gasteiger partial charge on any atom is 0.147 e. The van der Waals surface area contributed by atoms with Crippen LogP contribution in [0.15, 0.2) is 24.3 Å². The number of thioether (sulfide) groups is 1. The highest BCUT2D eigenvalue weighted by molar-refractivity contribution is 7.99. The fraction of sp³-hybridized carbons (Fsp3) is 0.533. The molecule has 0 atom stereocenters. The van der Waals surface area contributed by atoms with Gasteiger partial charge in [0.1, 0.15) is 11.6 Å². The second-order valence-corrected chi connectivity index (χ2v) is 6.00. The summed E-state index contributed by atoms with van der Waals surface area (Å²) in [5, 5.41) is 0. The van der Waals surface area contributed by atoms with E-state index in [9.17, 15) is 9.18 Å². The molecule has 18 heavy (non-hydrogen) atoms. The molecule has 1 aliphatic carbocycles. The van der Waals surface area contributed by atoms with Gasteiger partial charge in [0.05, 0.1) is 5.75 Å². The number of carbonyl (C=O) groups is 1. The van der Waals surface area contributed by atoms with E-state index in [4.69, 9.17) is 0 Å². The van der Waals surface area contributed by atoms with Gasteiger partial charge in [-0.2, -0.15) is 11.8 Å². The van der Waals surface area contributed by atoms with E-state index >= 15 is 0 Å². The first-order chi connectivity index (χ1) is 8.75. The normalized spacial score (nSPS) is 16.1. The Labute approximate surface area is 112 Å². The second kappa shape index (κ2) is 6.93. The molecule has 0 heterocycles. The molecule has 0 aliphatic heterocycles. The fourth-order valence-electron chi connectivity index (χ4n) is 2.42. The second-order valence-electron chi connectivity index (χ2n) is 4.97. The van der Waals surface area contributed by atoms with Crippen molar-refractivity contribution in [3.8, 4) is 0 Å². The molecule has 2 rings (SSSR count). The first kappa shape index (κ1) is 13.6. The van der Waals surface area contributed by atoms with E-state index in [2.05, 4.69) is 0 Å². The lowest BCUT2D eigenvalue weighted by atomic mass is 10.1. The Morgan fingerprint density at radius 1 is 1.28 bits per heavy atom. The van der Waals surface area contributed by atoms with Crippen molar-refractivity contribution >= 4 is 17.5 Å². The molecule has 1 nitrogen and oxygen atoms in total. The van der Waals surface area contributed by atoms with Gasteiger partial charge in [-0.25, -0.2) is 4.39 Å². The van der Waals surface area contributed by atoms with Crippen LogP contribution in [0.25, 0.3) is 0 Å². The molecule has 0 saturated heterocycles. The number of carbonyl (C=O) groups excluding carboxylic acids is 1. The third-order valence-electron chi connectivity index (χ3n) is 3.44. The Bertz CT molecular complexity index is 399. The summed E-state index contributed by atoms with van der Waals surface area (Å²) in [7, 11) is 0. The molecular formula is C15H19FOS. The standard InChI is InChI=1S/C15H19FOS/c16-15-8-4-3-7-13(15)9-14(17)11-18-10-12-5-1-2-6-12/h3-4,7-8,12H,1-2,5-6,9-11H2. The summed E-state index contributed by atoms with van der Waals surface area (Å²) in [5.74, 6) is 2.26. The average Bonchev–Trinajstić information content (AvgIpc) is 2.85. The minimum atomic E-state index is -0.272. The lowest BCUT2D eigenvalue weighted by Gasteiger charge is -2.07. The Balaban J connectivity index is 1.70. The predicted octanol–water partition coefficient (Wildman–Crippen LogP) is 3.86. The van der Waals surface area contributed by atoms with Crippen molar-refractivity contribution in [2.45, 2.75) is 32.1 Å². The van der Waals surface area contributed by atoms with Crippen LogP contribution in [-0.4, -0.2) is 17.3 Å². The van der Waals surface area contributed by atoms with Crippen molar-refractivity contribution in [1.29, 1.82) is 0 Å².